The Morgan fingerprint density at radius 1 is 1.62 bits per heavy atom. The van der Waals surface area contributed by atoms with Crippen LogP contribution in [0.2, 0.25) is 0 Å². The molecule has 0 fully saturated rings. The van der Waals surface area contributed by atoms with Crippen LogP contribution in [0, 0.1) is 0 Å². The maximum absolute atomic E-state index is 10.2. The minimum Gasteiger partial charge on any atom is -0.480 e. The molecule has 0 saturated carbocycles. The fourth-order valence-electron chi connectivity index (χ4n) is 0.604. The maximum Gasteiger partial charge on any atom is 0.322 e. The first-order valence-electron chi connectivity index (χ1n) is 4.11. The number of hydrogen-bond acceptors (Lipinski definition) is 4. The summed E-state index contributed by atoms with van der Waals surface area (Å²) in [4.78, 5) is 10.2. The number of aliphatic hydroxyl groups is 1. The summed E-state index contributed by atoms with van der Waals surface area (Å²) in [6, 6.07) is -0.984. The van der Waals surface area contributed by atoms with E-state index in [4.69, 9.17) is 15.6 Å². The lowest BCUT2D eigenvalue weighted by atomic mass is 10.1. The number of rotatable bonds is 6. The molecule has 0 spiro atoms. The molecule has 0 aliphatic heterocycles. The maximum atomic E-state index is 10.2. The summed E-state index contributed by atoms with van der Waals surface area (Å²) >= 11 is 0. The van der Waals surface area contributed by atoms with Crippen LogP contribution in [0.5, 0.6) is 0 Å². The molecule has 0 saturated heterocycles. The Labute approximate surface area is 77.5 Å². The van der Waals surface area contributed by atoms with E-state index in [9.17, 15) is 9.90 Å². The highest BCUT2D eigenvalue weighted by atomic mass is 16.5. The van der Waals surface area contributed by atoms with E-state index in [2.05, 4.69) is 0 Å². The van der Waals surface area contributed by atoms with Crippen molar-refractivity contribution in [2.24, 2.45) is 5.73 Å². The lowest BCUT2D eigenvalue weighted by molar-refractivity contribution is -0.140. The van der Waals surface area contributed by atoms with Crippen LogP contribution in [0.3, 0.4) is 0 Å². The van der Waals surface area contributed by atoms with Gasteiger partial charge >= 0.3 is 5.97 Å². The number of carbonyl (C=O) groups is 1. The molecule has 0 aromatic rings. The van der Waals surface area contributed by atoms with Gasteiger partial charge in [-0.25, -0.2) is 0 Å². The molecule has 5 nitrogen and oxygen atoms in total. The zero-order valence-corrected chi connectivity index (χ0v) is 7.99. The Hall–Kier alpha value is -0.650. The van der Waals surface area contributed by atoms with Gasteiger partial charge in [0.15, 0.2) is 0 Å². The standard InChI is InChI=1S/C8H17NO4/c1-8(2,12)3-4-13-5-6(9)7(10)11/h6,12H,3-5,9H2,1-2H3,(H,10,11)/t6-/m0/s1. The number of ether oxygens (including phenoxy) is 1. The quantitative estimate of drug-likeness (QED) is 0.496. The number of aliphatic carboxylic acids is 1. The normalized spacial score (nSPS) is 14.2. The Morgan fingerprint density at radius 3 is 2.54 bits per heavy atom. The van der Waals surface area contributed by atoms with E-state index in [0.717, 1.165) is 0 Å². The predicted octanol–water partition coefficient (Wildman–Crippen LogP) is -0.424. The molecule has 0 aromatic heterocycles. The van der Waals surface area contributed by atoms with Gasteiger partial charge in [0, 0.05) is 6.61 Å². The van der Waals surface area contributed by atoms with Crippen molar-refractivity contribution in [1.82, 2.24) is 0 Å². The summed E-state index contributed by atoms with van der Waals surface area (Å²) in [5, 5.41) is 17.7. The summed E-state index contributed by atoms with van der Waals surface area (Å²) in [6.45, 7) is 3.61. The molecule has 4 N–H and O–H groups in total. The van der Waals surface area contributed by atoms with Crippen LogP contribution < -0.4 is 5.73 Å². The van der Waals surface area contributed by atoms with Gasteiger partial charge in [0.1, 0.15) is 6.04 Å². The van der Waals surface area contributed by atoms with E-state index < -0.39 is 17.6 Å². The molecule has 0 radical (unpaired) electrons. The van der Waals surface area contributed by atoms with Crippen molar-refractivity contribution in [3.05, 3.63) is 0 Å². The molecule has 0 aromatic carbocycles. The van der Waals surface area contributed by atoms with Gasteiger partial charge in [-0.05, 0) is 20.3 Å². The zero-order valence-electron chi connectivity index (χ0n) is 7.99. The Kier molecular flexibility index (Phi) is 4.90. The molecule has 0 bridgehead atoms. The first kappa shape index (κ1) is 12.3. The second-order valence-corrected chi connectivity index (χ2v) is 3.58. The molecule has 0 unspecified atom stereocenters. The molecule has 0 aliphatic rings. The lowest BCUT2D eigenvalue weighted by Gasteiger charge is -2.17. The number of carboxylic acid groups (broad SMARTS) is 1. The van der Waals surface area contributed by atoms with Gasteiger partial charge in [0.05, 0.1) is 12.2 Å². The van der Waals surface area contributed by atoms with Crippen molar-refractivity contribution < 1.29 is 19.7 Å². The third kappa shape index (κ3) is 7.70. The SMILES string of the molecule is CC(C)(O)CCOC[C@H](N)C(=O)O. The van der Waals surface area contributed by atoms with E-state index in [1.165, 1.54) is 0 Å². The zero-order chi connectivity index (χ0) is 10.5. The van der Waals surface area contributed by atoms with Crippen molar-refractivity contribution in [2.75, 3.05) is 13.2 Å². The largest absolute Gasteiger partial charge is 0.480 e. The van der Waals surface area contributed by atoms with Crippen LogP contribution in [-0.4, -0.2) is 41.0 Å². The van der Waals surface area contributed by atoms with Crippen LogP contribution in [0.4, 0.5) is 0 Å². The van der Waals surface area contributed by atoms with E-state index in [-0.39, 0.29) is 6.61 Å². The highest BCUT2D eigenvalue weighted by Crippen LogP contribution is 2.06. The average molecular weight is 191 g/mol. The van der Waals surface area contributed by atoms with E-state index in [1.54, 1.807) is 13.8 Å². The van der Waals surface area contributed by atoms with Crippen molar-refractivity contribution in [3.8, 4) is 0 Å². The molecule has 5 heteroatoms. The fraction of sp³-hybridized carbons (Fsp3) is 0.875. The minimum atomic E-state index is -1.08. The Morgan fingerprint density at radius 2 is 2.15 bits per heavy atom. The lowest BCUT2D eigenvalue weighted by Crippen LogP contribution is -2.35. The number of carboxylic acids is 1. The molecule has 0 rings (SSSR count). The Balaban J connectivity index is 3.41. The third-order valence-electron chi connectivity index (χ3n) is 1.47. The van der Waals surface area contributed by atoms with Gasteiger partial charge in [-0.15, -0.1) is 0 Å². The van der Waals surface area contributed by atoms with Crippen molar-refractivity contribution in [3.63, 3.8) is 0 Å². The van der Waals surface area contributed by atoms with Gasteiger partial charge in [-0.3, -0.25) is 4.79 Å². The van der Waals surface area contributed by atoms with Crippen LogP contribution in [0.15, 0.2) is 0 Å². The van der Waals surface area contributed by atoms with Gasteiger partial charge in [0.2, 0.25) is 0 Å². The first-order chi connectivity index (χ1) is 5.83. The number of nitrogens with two attached hydrogens (primary N) is 1. The highest BCUT2D eigenvalue weighted by molar-refractivity contribution is 5.73. The highest BCUT2D eigenvalue weighted by Gasteiger charge is 2.14. The summed E-state index contributed by atoms with van der Waals surface area (Å²) in [7, 11) is 0. The third-order valence-corrected chi connectivity index (χ3v) is 1.47. The van der Waals surface area contributed by atoms with Crippen molar-refractivity contribution in [1.29, 1.82) is 0 Å². The van der Waals surface area contributed by atoms with Gasteiger partial charge in [-0.1, -0.05) is 0 Å². The molecule has 0 heterocycles. The second kappa shape index (κ2) is 5.16. The minimum absolute atomic E-state index is 0.0224. The monoisotopic (exact) mass is 191 g/mol. The van der Waals surface area contributed by atoms with Gasteiger partial charge in [-0.2, -0.15) is 0 Å². The molecule has 0 aliphatic carbocycles. The molecule has 1 atom stereocenters. The van der Waals surface area contributed by atoms with Crippen molar-refractivity contribution >= 4 is 5.97 Å². The molecule has 78 valence electrons. The predicted molar refractivity (Wildman–Crippen MR) is 47.3 cm³/mol. The topological polar surface area (TPSA) is 92.8 Å². The van der Waals surface area contributed by atoms with Crippen LogP contribution in [-0.2, 0) is 9.53 Å². The van der Waals surface area contributed by atoms with Gasteiger partial charge < -0.3 is 20.7 Å². The summed E-state index contributed by atoms with van der Waals surface area (Å²) in [6.07, 6.45) is 0.458. The molecular weight excluding hydrogens is 174 g/mol. The first-order valence-corrected chi connectivity index (χ1v) is 4.11. The second-order valence-electron chi connectivity index (χ2n) is 3.58. The van der Waals surface area contributed by atoms with E-state index in [1.807, 2.05) is 0 Å². The van der Waals surface area contributed by atoms with Crippen molar-refractivity contribution in [2.45, 2.75) is 31.9 Å². The fourth-order valence-corrected chi connectivity index (χ4v) is 0.604. The molecule has 0 amide bonds. The van der Waals surface area contributed by atoms with E-state index >= 15 is 0 Å². The van der Waals surface area contributed by atoms with E-state index in [0.29, 0.717) is 13.0 Å². The molecule has 13 heavy (non-hydrogen) atoms. The molecular formula is C8H17NO4. The van der Waals surface area contributed by atoms with Gasteiger partial charge in [0.25, 0.3) is 0 Å². The summed E-state index contributed by atoms with van der Waals surface area (Å²) in [5.41, 5.74) is 4.39. The average Bonchev–Trinajstić information content (AvgIpc) is 1.95. The summed E-state index contributed by atoms with van der Waals surface area (Å²) in [5.74, 6) is -1.08. The van der Waals surface area contributed by atoms with Crippen LogP contribution in [0.25, 0.3) is 0 Å². The smallest absolute Gasteiger partial charge is 0.322 e. The van der Waals surface area contributed by atoms with Crippen LogP contribution >= 0.6 is 0 Å². The number of hydrogen-bond donors (Lipinski definition) is 3. The Bertz CT molecular complexity index is 164. The van der Waals surface area contributed by atoms with Crippen LogP contribution in [0.1, 0.15) is 20.3 Å². The summed E-state index contributed by atoms with van der Waals surface area (Å²) < 4.78 is 4.97.